The molecule has 1 atom stereocenters. The summed E-state index contributed by atoms with van der Waals surface area (Å²) in [6.45, 7) is 0. The fourth-order valence-electron chi connectivity index (χ4n) is 0.760. The van der Waals surface area contributed by atoms with Gasteiger partial charge < -0.3 is 42.5 Å². The quantitative estimate of drug-likeness (QED) is 0.300. The van der Waals surface area contributed by atoms with Crippen LogP contribution in [0.15, 0.2) is 23.9 Å². The van der Waals surface area contributed by atoms with Crippen molar-refractivity contribution in [2.45, 2.75) is 12.3 Å². The molecule has 3 radical (unpaired) electrons. The summed E-state index contributed by atoms with van der Waals surface area (Å²) < 4.78 is 0. The minimum atomic E-state index is -1.60. The molecule has 9 nitrogen and oxygen atoms in total. The Morgan fingerprint density at radius 3 is 1.79 bits per heavy atom. The molecule has 0 saturated carbocycles. The Hall–Kier alpha value is 0.0295. The maximum atomic E-state index is 10.3. The molecule has 19 heavy (non-hydrogen) atoms. The Morgan fingerprint density at radius 1 is 1.16 bits per heavy atom. The molecular weight excluding hydrogens is 403 g/mol. The SMILES string of the molecule is O.O.O=C(O)C1C=CC(C(O)O)=C[N-]1.[Co].[Co].[Co].[OH3+].[OH3+]. The Morgan fingerprint density at radius 2 is 1.58 bits per heavy atom. The Balaban J connectivity index is -0.0000000411. The molecule has 0 aromatic heterocycles. The first-order valence-electron chi connectivity index (χ1n) is 3.28. The van der Waals surface area contributed by atoms with E-state index in [0.717, 1.165) is 6.20 Å². The molecule has 1 aliphatic rings. The van der Waals surface area contributed by atoms with Crippen LogP contribution in [0.4, 0.5) is 0 Å². The molecule has 0 bridgehead atoms. The van der Waals surface area contributed by atoms with E-state index in [2.05, 4.69) is 5.32 Å². The second-order valence-electron chi connectivity index (χ2n) is 2.29. The molecule has 1 aliphatic heterocycles. The Bertz CT molecular complexity index is 261. The molecule has 0 spiro atoms. The largest absolute Gasteiger partial charge is 0.675 e. The van der Waals surface area contributed by atoms with Crippen molar-refractivity contribution in [2.24, 2.45) is 0 Å². The molecule has 1 rings (SSSR count). The van der Waals surface area contributed by atoms with Gasteiger partial charge in [-0.1, -0.05) is 12.2 Å². The van der Waals surface area contributed by atoms with E-state index in [0.29, 0.717) is 0 Å². The van der Waals surface area contributed by atoms with Gasteiger partial charge in [-0.15, -0.1) is 0 Å². The van der Waals surface area contributed by atoms with Crippen LogP contribution < -0.4 is 0 Å². The molecule has 0 amide bonds. The van der Waals surface area contributed by atoms with Gasteiger partial charge in [0.25, 0.3) is 5.97 Å². The van der Waals surface area contributed by atoms with Gasteiger partial charge in [0.2, 0.25) is 0 Å². The van der Waals surface area contributed by atoms with Crippen molar-refractivity contribution in [2.75, 3.05) is 0 Å². The third-order valence-corrected chi connectivity index (χ3v) is 1.41. The van der Waals surface area contributed by atoms with Crippen LogP contribution in [-0.4, -0.2) is 44.6 Å². The number of aliphatic carboxylic acids is 1. The standard InChI is InChI=1S/C7H8NO4.3Co.4H2O/c9-6(10)4-1-2-5(7(11)12)8-3-4;;;;;;;/h1-3,5-6,9-10H,(H,11,12);;;;4*1H2/q-1;;;;;;;/p+2. The summed E-state index contributed by atoms with van der Waals surface area (Å²) in [5.41, 5.74) is 0.188. The van der Waals surface area contributed by atoms with Gasteiger partial charge in [0.1, 0.15) is 0 Å². The van der Waals surface area contributed by atoms with Crippen molar-refractivity contribution in [1.29, 1.82) is 0 Å². The van der Waals surface area contributed by atoms with Crippen LogP contribution in [0.1, 0.15) is 0 Å². The van der Waals surface area contributed by atoms with E-state index in [9.17, 15) is 4.79 Å². The second-order valence-corrected chi connectivity index (χ2v) is 2.29. The monoisotopic (exact) mass is 421 g/mol. The van der Waals surface area contributed by atoms with Gasteiger partial charge in [0, 0.05) is 56.4 Å². The maximum absolute atomic E-state index is 10.3. The van der Waals surface area contributed by atoms with Crippen LogP contribution in [0.5, 0.6) is 0 Å². The summed E-state index contributed by atoms with van der Waals surface area (Å²) in [5, 5.41) is 29.3. The number of carbonyl (C=O) groups is 1. The minimum Gasteiger partial charge on any atom is -0.675 e. The van der Waals surface area contributed by atoms with Gasteiger partial charge in [-0.05, 0) is 5.57 Å². The number of hydrogen-bond acceptors (Lipinski definition) is 3. The fraction of sp³-hybridized carbons (Fsp3) is 0.286. The van der Waals surface area contributed by atoms with Gasteiger partial charge in [-0.2, -0.15) is 6.20 Å². The molecular formula is C7H18Co3NO8+. The summed E-state index contributed by atoms with van der Waals surface area (Å²) in [5.74, 6) is -1.06. The topological polar surface area (TPSA) is 221 Å². The van der Waals surface area contributed by atoms with Crippen molar-refractivity contribution in [3.8, 4) is 0 Å². The zero-order valence-electron chi connectivity index (χ0n) is 9.24. The summed E-state index contributed by atoms with van der Waals surface area (Å²) in [6.07, 6.45) is 2.16. The van der Waals surface area contributed by atoms with E-state index in [4.69, 9.17) is 15.3 Å². The van der Waals surface area contributed by atoms with Crippen molar-refractivity contribution < 1.29 is 92.4 Å². The van der Waals surface area contributed by atoms with Gasteiger partial charge in [-0.25, -0.2) is 0 Å². The molecule has 13 N–H and O–H groups in total. The molecule has 0 aromatic carbocycles. The first-order chi connectivity index (χ1) is 5.61. The van der Waals surface area contributed by atoms with E-state index in [1.165, 1.54) is 12.2 Å². The van der Waals surface area contributed by atoms with Gasteiger partial charge in [0.15, 0.2) is 6.29 Å². The van der Waals surface area contributed by atoms with Gasteiger partial charge in [0.05, 0.1) is 0 Å². The first kappa shape index (κ1) is 42.7. The molecule has 0 fully saturated rings. The Kier molecular flexibility index (Phi) is 45.8. The van der Waals surface area contributed by atoms with Crippen LogP contribution in [0.2, 0.25) is 0 Å². The molecule has 125 valence electrons. The van der Waals surface area contributed by atoms with E-state index in [-0.39, 0.29) is 77.8 Å². The number of carboxylic acids is 1. The van der Waals surface area contributed by atoms with Crippen molar-refractivity contribution >= 4 is 5.97 Å². The Labute approximate surface area is 140 Å². The van der Waals surface area contributed by atoms with E-state index >= 15 is 0 Å². The number of hydrogen-bond donors (Lipinski definition) is 3. The van der Waals surface area contributed by atoms with Crippen molar-refractivity contribution in [1.82, 2.24) is 0 Å². The normalized spacial score (nSPS) is 13.8. The number of rotatable bonds is 2. The maximum Gasteiger partial charge on any atom is 0.292 e. The third-order valence-electron chi connectivity index (χ3n) is 1.41. The predicted octanol–water partition coefficient (Wildman–Crippen LogP) is -3.92. The van der Waals surface area contributed by atoms with E-state index in [1.54, 1.807) is 0 Å². The number of nitrogens with zero attached hydrogens (tertiary/aromatic N) is 1. The van der Waals surface area contributed by atoms with E-state index < -0.39 is 18.3 Å². The van der Waals surface area contributed by atoms with Gasteiger partial charge >= 0.3 is 0 Å². The van der Waals surface area contributed by atoms with Crippen LogP contribution in [0, 0.1) is 0 Å². The molecule has 0 aromatic rings. The smallest absolute Gasteiger partial charge is 0.292 e. The summed E-state index contributed by atoms with van der Waals surface area (Å²) >= 11 is 0. The first-order valence-corrected chi connectivity index (χ1v) is 3.28. The fourth-order valence-corrected chi connectivity index (χ4v) is 0.760. The van der Waals surface area contributed by atoms with Crippen LogP contribution in [0.3, 0.4) is 0 Å². The zero-order chi connectivity index (χ0) is 9.14. The average molecular weight is 421 g/mol. The number of carboxylic acid groups (broad SMARTS) is 1. The number of aliphatic hydroxyl groups excluding tert-OH is 1. The number of aliphatic hydroxyl groups is 2. The summed E-state index contributed by atoms with van der Waals surface area (Å²) in [4.78, 5) is 10.3. The summed E-state index contributed by atoms with van der Waals surface area (Å²) in [7, 11) is 0. The van der Waals surface area contributed by atoms with Crippen LogP contribution >= 0.6 is 0 Å². The van der Waals surface area contributed by atoms with Crippen molar-refractivity contribution in [3.63, 3.8) is 0 Å². The van der Waals surface area contributed by atoms with Crippen LogP contribution in [0.25, 0.3) is 5.32 Å². The molecule has 12 heteroatoms. The molecule has 0 saturated heterocycles. The third kappa shape index (κ3) is 14.3. The average Bonchev–Trinajstić information content (AvgIpc) is 2.04. The molecule has 1 heterocycles. The molecule has 1 unspecified atom stereocenters. The minimum absolute atomic E-state index is 0. The zero-order valence-corrected chi connectivity index (χ0v) is 12.4. The van der Waals surface area contributed by atoms with E-state index in [1.807, 2.05) is 0 Å². The van der Waals surface area contributed by atoms with Crippen LogP contribution in [-0.2, 0) is 66.1 Å². The van der Waals surface area contributed by atoms with Gasteiger partial charge in [-0.3, -0.25) is 4.79 Å². The molecule has 0 aliphatic carbocycles. The predicted molar refractivity (Wildman–Crippen MR) is 57.2 cm³/mol. The van der Waals surface area contributed by atoms with Crippen molar-refractivity contribution in [3.05, 3.63) is 29.2 Å². The summed E-state index contributed by atoms with van der Waals surface area (Å²) in [6, 6.07) is -0.910. The second kappa shape index (κ2) is 20.3.